The van der Waals surface area contributed by atoms with Gasteiger partial charge in [-0.05, 0) is 42.0 Å². The number of benzene rings is 2. The van der Waals surface area contributed by atoms with Crippen molar-refractivity contribution < 1.29 is 23.1 Å². The molecule has 0 saturated heterocycles. The lowest BCUT2D eigenvalue weighted by atomic mass is 10.2. The van der Waals surface area contributed by atoms with Gasteiger partial charge in [-0.15, -0.1) is 0 Å². The molecule has 0 bridgehead atoms. The van der Waals surface area contributed by atoms with Crippen LogP contribution in [0.15, 0.2) is 53.4 Å². The zero-order valence-corrected chi connectivity index (χ0v) is 13.5. The lowest BCUT2D eigenvalue weighted by Crippen LogP contribution is -2.23. The van der Waals surface area contributed by atoms with E-state index in [9.17, 15) is 13.2 Å². The van der Waals surface area contributed by atoms with E-state index < -0.39 is 22.6 Å². The molecular weight excluding hydrogens is 342 g/mol. The molecule has 0 fully saturated rings. The summed E-state index contributed by atoms with van der Waals surface area (Å²) in [6.07, 6.45) is 0. The van der Waals surface area contributed by atoms with Crippen molar-refractivity contribution in [1.82, 2.24) is 4.72 Å². The monoisotopic (exact) mass is 355 g/mol. The van der Waals surface area contributed by atoms with Crippen molar-refractivity contribution in [2.24, 2.45) is 0 Å². The second-order valence-corrected chi connectivity index (χ2v) is 6.81. The fourth-order valence-electron chi connectivity index (χ4n) is 1.77. The maximum Gasteiger partial charge on any atom is 0.341 e. The first kappa shape index (κ1) is 17.3. The van der Waals surface area contributed by atoms with Crippen LogP contribution in [-0.4, -0.2) is 26.1 Å². The summed E-state index contributed by atoms with van der Waals surface area (Å²) >= 11 is 5.73. The van der Waals surface area contributed by atoms with E-state index in [1.807, 2.05) is 0 Å². The molecule has 0 aliphatic carbocycles. The molecule has 0 unspecified atom stereocenters. The first-order valence-electron chi connectivity index (χ1n) is 6.55. The molecule has 0 aliphatic heterocycles. The summed E-state index contributed by atoms with van der Waals surface area (Å²) < 4.78 is 31.8. The maximum absolute atomic E-state index is 12.2. The number of ether oxygens (including phenoxy) is 1. The van der Waals surface area contributed by atoms with E-state index in [1.54, 1.807) is 24.3 Å². The lowest BCUT2D eigenvalue weighted by molar-refractivity contribution is -0.139. The Kier molecular flexibility index (Phi) is 5.59. The summed E-state index contributed by atoms with van der Waals surface area (Å²) in [4.78, 5) is 10.6. The predicted molar refractivity (Wildman–Crippen MR) is 85.1 cm³/mol. The second-order valence-electron chi connectivity index (χ2n) is 4.61. The van der Waals surface area contributed by atoms with Crippen LogP contribution in [0.1, 0.15) is 5.56 Å². The third-order valence-corrected chi connectivity index (χ3v) is 4.52. The number of carboxylic acid groups (broad SMARTS) is 1. The molecule has 0 aliphatic rings. The van der Waals surface area contributed by atoms with Crippen molar-refractivity contribution in [2.45, 2.75) is 11.4 Å². The van der Waals surface area contributed by atoms with Gasteiger partial charge < -0.3 is 9.84 Å². The maximum atomic E-state index is 12.2. The standard InChI is InChI=1S/C15H14ClNO5S/c16-12-4-6-14(7-5-12)23(20,21)17-9-11-2-1-3-13(8-11)22-10-15(18)19/h1-8,17H,9-10H2,(H,18,19). The number of aliphatic carboxylic acids is 1. The van der Waals surface area contributed by atoms with Crippen LogP contribution in [-0.2, 0) is 21.4 Å². The zero-order chi connectivity index (χ0) is 16.9. The highest BCUT2D eigenvalue weighted by Crippen LogP contribution is 2.16. The molecule has 2 aromatic rings. The van der Waals surface area contributed by atoms with Gasteiger partial charge in [0, 0.05) is 11.6 Å². The van der Waals surface area contributed by atoms with E-state index in [0.717, 1.165) is 0 Å². The molecule has 0 atom stereocenters. The molecule has 0 aromatic heterocycles. The van der Waals surface area contributed by atoms with Crippen LogP contribution in [0.4, 0.5) is 0 Å². The Bertz CT molecular complexity index is 790. The number of sulfonamides is 1. The van der Waals surface area contributed by atoms with Crippen molar-refractivity contribution in [3.05, 3.63) is 59.1 Å². The molecule has 2 N–H and O–H groups in total. The van der Waals surface area contributed by atoms with Crippen molar-refractivity contribution in [3.63, 3.8) is 0 Å². The van der Waals surface area contributed by atoms with Gasteiger partial charge in [-0.25, -0.2) is 17.9 Å². The number of rotatable bonds is 7. The van der Waals surface area contributed by atoms with Gasteiger partial charge in [0.25, 0.3) is 0 Å². The Morgan fingerprint density at radius 2 is 1.87 bits per heavy atom. The average molecular weight is 356 g/mol. The summed E-state index contributed by atoms with van der Waals surface area (Å²) in [5.74, 6) is -0.727. The third-order valence-electron chi connectivity index (χ3n) is 2.85. The van der Waals surface area contributed by atoms with Crippen LogP contribution in [0.2, 0.25) is 5.02 Å². The average Bonchev–Trinajstić information content (AvgIpc) is 2.52. The largest absolute Gasteiger partial charge is 0.482 e. The first-order valence-corrected chi connectivity index (χ1v) is 8.42. The van der Waals surface area contributed by atoms with Crippen LogP contribution in [0.5, 0.6) is 5.75 Å². The summed E-state index contributed by atoms with van der Waals surface area (Å²) in [5.41, 5.74) is 0.644. The minimum absolute atomic E-state index is 0.0508. The van der Waals surface area contributed by atoms with E-state index in [2.05, 4.69) is 4.72 Å². The molecule has 0 saturated carbocycles. The molecule has 8 heteroatoms. The van der Waals surface area contributed by atoms with E-state index in [0.29, 0.717) is 16.3 Å². The van der Waals surface area contributed by atoms with Gasteiger partial charge in [-0.1, -0.05) is 23.7 Å². The van der Waals surface area contributed by atoms with E-state index >= 15 is 0 Å². The van der Waals surface area contributed by atoms with Gasteiger partial charge in [-0.3, -0.25) is 0 Å². The molecule has 23 heavy (non-hydrogen) atoms. The normalized spacial score (nSPS) is 11.2. The number of halogens is 1. The predicted octanol–water partition coefficient (Wildman–Crippen LogP) is 2.28. The Hall–Kier alpha value is -2.09. The van der Waals surface area contributed by atoms with Gasteiger partial charge in [0.1, 0.15) is 5.75 Å². The van der Waals surface area contributed by atoms with Gasteiger partial charge in [0.2, 0.25) is 10.0 Å². The van der Waals surface area contributed by atoms with Crippen molar-refractivity contribution >= 4 is 27.6 Å². The Morgan fingerprint density at radius 1 is 1.17 bits per heavy atom. The summed E-state index contributed by atoms with van der Waals surface area (Å²) in [6, 6.07) is 12.4. The fourth-order valence-corrected chi connectivity index (χ4v) is 2.91. The van der Waals surface area contributed by atoms with Crippen LogP contribution < -0.4 is 9.46 Å². The highest BCUT2D eigenvalue weighted by molar-refractivity contribution is 7.89. The van der Waals surface area contributed by atoms with Gasteiger partial charge in [-0.2, -0.15) is 0 Å². The molecule has 6 nitrogen and oxygen atoms in total. The quantitative estimate of drug-likeness (QED) is 0.794. The molecule has 0 heterocycles. The number of hydrogen-bond donors (Lipinski definition) is 2. The molecule has 122 valence electrons. The number of carbonyl (C=O) groups is 1. The molecule has 2 rings (SSSR count). The minimum Gasteiger partial charge on any atom is -0.482 e. The summed E-state index contributed by atoms with van der Waals surface area (Å²) in [5, 5.41) is 9.02. The summed E-state index contributed by atoms with van der Waals surface area (Å²) in [6.45, 7) is -0.408. The number of hydrogen-bond acceptors (Lipinski definition) is 4. The topological polar surface area (TPSA) is 92.7 Å². The molecular formula is C15H14ClNO5S. The minimum atomic E-state index is -3.66. The van der Waals surface area contributed by atoms with Gasteiger partial charge in [0.05, 0.1) is 4.90 Å². The van der Waals surface area contributed by atoms with Crippen molar-refractivity contribution in [3.8, 4) is 5.75 Å². The van der Waals surface area contributed by atoms with Crippen LogP contribution >= 0.6 is 11.6 Å². The van der Waals surface area contributed by atoms with Gasteiger partial charge in [0.15, 0.2) is 6.61 Å². The number of nitrogens with one attached hydrogen (secondary N) is 1. The van der Waals surface area contributed by atoms with Crippen molar-refractivity contribution in [2.75, 3.05) is 6.61 Å². The molecule has 2 aromatic carbocycles. The summed E-state index contributed by atoms with van der Waals surface area (Å²) in [7, 11) is -3.66. The van der Waals surface area contributed by atoms with Crippen LogP contribution in [0.25, 0.3) is 0 Å². The first-order chi connectivity index (χ1) is 10.9. The van der Waals surface area contributed by atoms with E-state index in [4.69, 9.17) is 21.4 Å². The fraction of sp³-hybridized carbons (Fsp3) is 0.133. The number of carboxylic acids is 1. The van der Waals surface area contributed by atoms with E-state index in [-0.39, 0.29) is 11.4 Å². The molecule has 0 amide bonds. The zero-order valence-electron chi connectivity index (χ0n) is 11.9. The Labute approximate surface area is 138 Å². The van der Waals surface area contributed by atoms with Gasteiger partial charge >= 0.3 is 5.97 Å². The molecule has 0 spiro atoms. The smallest absolute Gasteiger partial charge is 0.341 e. The SMILES string of the molecule is O=C(O)COc1cccc(CNS(=O)(=O)c2ccc(Cl)cc2)c1. The second kappa shape index (κ2) is 7.45. The van der Waals surface area contributed by atoms with E-state index in [1.165, 1.54) is 24.3 Å². The molecule has 0 radical (unpaired) electrons. The third kappa shape index (κ3) is 5.24. The lowest BCUT2D eigenvalue weighted by Gasteiger charge is -2.09. The van der Waals surface area contributed by atoms with Crippen LogP contribution in [0, 0.1) is 0 Å². The highest BCUT2D eigenvalue weighted by Gasteiger charge is 2.13. The Balaban J connectivity index is 2.03. The highest BCUT2D eigenvalue weighted by atomic mass is 35.5. The van der Waals surface area contributed by atoms with Crippen molar-refractivity contribution in [1.29, 1.82) is 0 Å². The van der Waals surface area contributed by atoms with Crippen LogP contribution in [0.3, 0.4) is 0 Å². The Morgan fingerprint density at radius 3 is 2.52 bits per heavy atom.